The van der Waals surface area contributed by atoms with Gasteiger partial charge in [0, 0.05) is 25.2 Å². The van der Waals surface area contributed by atoms with Gasteiger partial charge < -0.3 is 14.8 Å². The first-order chi connectivity index (χ1) is 15.5. The number of ether oxygens (including phenoxy) is 2. The third-order valence-electron chi connectivity index (χ3n) is 5.03. The van der Waals surface area contributed by atoms with Crippen LogP contribution in [0, 0.1) is 0 Å². The van der Waals surface area contributed by atoms with E-state index in [9.17, 15) is 13.2 Å². The summed E-state index contributed by atoms with van der Waals surface area (Å²) in [4.78, 5) is 12.8. The van der Waals surface area contributed by atoms with Crippen molar-refractivity contribution in [3.8, 4) is 11.5 Å². The zero-order chi connectivity index (χ0) is 22.4. The van der Waals surface area contributed by atoms with Gasteiger partial charge in [0.25, 0.3) is 5.91 Å². The molecule has 8 heteroatoms. The van der Waals surface area contributed by atoms with E-state index in [0.717, 1.165) is 11.3 Å². The van der Waals surface area contributed by atoms with Crippen molar-refractivity contribution in [1.29, 1.82) is 0 Å². The number of nitrogens with zero attached hydrogens (tertiary/aromatic N) is 1. The van der Waals surface area contributed by atoms with E-state index in [4.69, 9.17) is 9.47 Å². The summed E-state index contributed by atoms with van der Waals surface area (Å²) >= 11 is 0. The van der Waals surface area contributed by atoms with Gasteiger partial charge in [0.15, 0.2) is 0 Å². The van der Waals surface area contributed by atoms with Gasteiger partial charge in [0.2, 0.25) is 10.0 Å². The molecule has 4 rings (SSSR count). The Morgan fingerprint density at radius 3 is 2.41 bits per heavy atom. The highest BCUT2D eigenvalue weighted by Gasteiger charge is 2.26. The maximum absolute atomic E-state index is 12.9. The fourth-order valence-electron chi connectivity index (χ4n) is 3.36. The van der Waals surface area contributed by atoms with Crippen molar-refractivity contribution in [2.24, 2.45) is 0 Å². The van der Waals surface area contributed by atoms with Crippen molar-refractivity contribution in [3.05, 3.63) is 90.0 Å². The molecule has 1 aliphatic rings. The summed E-state index contributed by atoms with van der Waals surface area (Å²) in [7, 11) is -3.66. The lowest BCUT2D eigenvalue weighted by atomic mass is 10.2. The molecule has 1 N–H and O–H groups in total. The van der Waals surface area contributed by atoms with E-state index in [2.05, 4.69) is 5.32 Å². The molecule has 3 aromatic carbocycles. The summed E-state index contributed by atoms with van der Waals surface area (Å²) in [6, 6.07) is 23.0. The van der Waals surface area contributed by atoms with Crippen molar-refractivity contribution in [3.63, 3.8) is 0 Å². The van der Waals surface area contributed by atoms with Gasteiger partial charge in [0.1, 0.15) is 11.5 Å². The van der Waals surface area contributed by atoms with Gasteiger partial charge in [-0.25, -0.2) is 8.42 Å². The SMILES string of the molecule is O=C(NCc1cccc(Oc2ccccc2)c1)c1cccc(S(=O)(=O)N2CCOCC2)c1. The molecular formula is C24H24N2O5S. The number of carbonyl (C=O) groups is 1. The standard InChI is InChI=1S/C24H24N2O5S/c27-24(20-7-5-11-23(17-20)32(28,29)26-12-14-30-15-13-26)25-18-19-6-4-10-22(16-19)31-21-8-2-1-3-9-21/h1-11,16-17H,12-15,18H2,(H,25,27). The second-order valence-electron chi connectivity index (χ2n) is 7.29. The Balaban J connectivity index is 1.41. The zero-order valence-corrected chi connectivity index (χ0v) is 18.3. The molecule has 0 aliphatic carbocycles. The predicted octanol–water partition coefficient (Wildman–Crippen LogP) is 3.43. The van der Waals surface area contributed by atoms with Gasteiger partial charge >= 0.3 is 0 Å². The number of sulfonamides is 1. The lowest BCUT2D eigenvalue weighted by Gasteiger charge is -2.26. The van der Waals surface area contributed by atoms with Crippen LogP contribution in [0.4, 0.5) is 0 Å². The summed E-state index contributed by atoms with van der Waals surface area (Å²) < 4.78 is 38.1. The first-order valence-corrected chi connectivity index (χ1v) is 11.7. The Kier molecular flexibility index (Phi) is 6.84. The number of amides is 1. The van der Waals surface area contributed by atoms with E-state index in [0.29, 0.717) is 32.1 Å². The molecule has 1 heterocycles. The van der Waals surface area contributed by atoms with Gasteiger partial charge in [-0.2, -0.15) is 4.31 Å². The van der Waals surface area contributed by atoms with Crippen molar-refractivity contribution in [2.75, 3.05) is 26.3 Å². The number of rotatable bonds is 7. The molecule has 0 radical (unpaired) electrons. The molecule has 0 saturated carbocycles. The van der Waals surface area contributed by atoms with Crippen LogP contribution in [0.3, 0.4) is 0 Å². The predicted molar refractivity (Wildman–Crippen MR) is 120 cm³/mol. The summed E-state index contributed by atoms with van der Waals surface area (Å²) in [6.45, 7) is 1.63. The molecule has 7 nitrogen and oxygen atoms in total. The van der Waals surface area contributed by atoms with Crippen LogP contribution < -0.4 is 10.1 Å². The third-order valence-corrected chi connectivity index (χ3v) is 6.93. The highest BCUT2D eigenvalue weighted by atomic mass is 32.2. The van der Waals surface area contributed by atoms with Gasteiger partial charge in [-0.3, -0.25) is 4.79 Å². The minimum atomic E-state index is -3.66. The molecule has 1 fully saturated rings. The molecule has 0 bridgehead atoms. The molecule has 0 aromatic heterocycles. The van der Waals surface area contributed by atoms with Crippen LogP contribution in [-0.2, 0) is 21.3 Å². The zero-order valence-electron chi connectivity index (χ0n) is 17.4. The van der Waals surface area contributed by atoms with Gasteiger partial charge in [-0.05, 0) is 48.0 Å². The van der Waals surface area contributed by atoms with Crippen molar-refractivity contribution in [1.82, 2.24) is 9.62 Å². The van der Waals surface area contributed by atoms with E-state index in [1.165, 1.54) is 16.4 Å². The van der Waals surface area contributed by atoms with Crippen molar-refractivity contribution >= 4 is 15.9 Å². The van der Waals surface area contributed by atoms with Gasteiger partial charge in [-0.15, -0.1) is 0 Å². The topological polar surface area (TPSA) is 84.9 Å². The number of benzene rings is 3. The lowest BCUT2D eigenvalue weighted by Crippen LogP contribution is -2.40. The van der Waals surface area contributed by atoms with E-state index in [-0.39, 0.29) is 22.9 Å². The third kappa shape index (κ3) is 5.34. The van der Waals surface area contributed by atoms with E-state index in [1.54, 1.807) is 12.1 Å². The molecule has 32 heavy (non-hydrogen) atoms. The fourth-order valence-corrected chi connectivity index (χ4v) is 4.82. The minimum absolute atomic E-state index is 0.102. The molecular weight excluding hydrogens is 428 g/mol. The summed E-state index contributed by atoms with van der Waals surface area (Å²) in [6.07, 6.45) is 0. The average Bonchev–Trinajstić information content (AvgIpc) is 2.84. The summed E-state index contributed by atoms with van der Waals surface area (Å²) in [5, 5.41) is 2.84. The van der Waals surface area contributed by atoms with Crippen LogP contribution >= 0.6 is 0 Å². The highest BCUT2D eigenvalue weighted by molar-refractivity contribution is 7.89. The van der Waals surface area contributed by atoms with Crippen LogP contribution in [0.25, 0.3) is 0 Å². The fraction of sp³-hybridized carbons (Fsp3) is 0.208. The molecule has 166 valence electrons. The first-order valence-electron chi connectivity index (χ1n) is 10.3. The number of hydrogen-bond acceptors (Lipinski definition) is 5. The van der Waals surface area contributed by atoms with Crippen LogP contribution in [0.15, 0.2) is 83.8 Å². The van der Waals surface area contributed by atoms with Crippen LogP contribution in [0.2, 0.25) is 0 Å². The number of morpholine rings is 1. The molecule has 3 aromatic rings. The molecule has 0 unspecified atom stereocenters. The summed E-state index contributed by atoms with van der Waals surface area (Å²) in [5.41, 5.74) is 1.15. The first kappa shape index (κ1) is 22.0. The smallest absolute Gasteiger partial charge is 0.251 e. The Morgan fingerprint density at radius 2 is 1.62 bits per heavy atom. The Labute approximate surface area is 187 Å². The molecule has 1 amide bonds. The van der Waals surface area contributed by atoms with Crippen LogP contribution in [0.5, 0.6) is 11.5 Å². The highest BCUT2D eigenvalue weighted by Crippen LogP contribution is 2.22. The van der Waals surface area contributed by atoms with Crippen LogP contribution in [0.1, 0.15) is 15.9 Å². The average molecular weight is 453 g/mol. The van der Waals surface area contributed by atoms with E-state index >= 15 is 0 Å². The largest absolute Gasteiger partial charge is 0.457 e. The van der Waals surface area contributed by atoms with Crippen LogP contribution in [-0.4, -0.2) is 44.9 Å². The normalized spacial score (nSPS) is 14.6. The number of carbonyl (C=O) groups excluding carboxylic acids is 1. The van der Waals surface area contributed by atoms with E-state index < -0.39 is 10.0 Å². The Hall–Kier alpha value is -3.20. The van der Waals surface area contributed by atoms with Gasteiger partial charge in [-0.1, -0.05) is 36.4 Å². The molecule has 0 atom stereocenters. The summed E-state index contributed by atoms with van der Waals surface area (Å²) in [5.74, 6) is 1.05. The number of hydrogen-bond donors (Lipinski definition) is 1. The molecule has 1 aliphatic heterocycles. The van der Waals surface area contributed by atoms with E-state index in [1.807, 2.05) is 54.6 Å². The molecule has 0 spiro atoms. The Morgan fingerprint density at radius 1 is 0.906 bits per heavy atom. The van der Waals surface area contributed by atoms with Crippen molar-refractivity contribution < 1.29 is 22.7 Å². The Bertz CT molecular complexity index is 1180. The number of para-hydroxylation sites is 1. The lowest BCUT2D eigenvalue weighted by molar-refractivity contribution is 0.0730. The minimum Gasteiger partial charge on any atom is -0.457 e. The van der Waals surface area contributed by atoms with Gasteiger partial charge in [0.05, 0.1) is 18.1 Å². The second-order valence-corrected chi connectivity index (χ2v) is 9.23. The maximum atomic E-state index is 12.9. The maximum Gasteiger partial charge on any atom is 0.251 e. The van der Waals surface area contributed by atoms with Crippen molar-refractivity contribution in [2.45, 2.75) is 11.4 Å². The molecule has 1 saturated heterocycles. The quantitative estimate of drug-likeness (QED) is 0.594. The number of nitrogens with one attached hydrogen (secondary N) is 1. The second kappa shape index (κ2) is 9.95. The monoisotopic (exact) mass is 452 g/mol.